The average Bonchev–Trinajstić information content (AvgIpc) is 2.66. The first-order chi connectivity index (χ1) is 7.50. The van der Waals surface area contributed by atoms with Crippen LogP contribution in [0.5, 0.6) is 0 Å². The molecular weight excluding hydrogens is 207 g/mol. The van der Waals surface area contributed by atoms with Crippen molar-refractivity contribution >= 4 is 0 Å². The number of nitrogens with zero attached hydrogens (tertiary/aromatic N) is 4. The van der Waals surface area contributed by atoms with Crippen LogP contribution in [0.3, 0.4) is 0 Å². The van der Waals surface area contributed by atoms with Gasteiger partial charge in [-0.05, 0) is 22.6 Å². The van der Waals surface area contributed by atoms with E-state index < -0.39 is 0 Å². The molecule has 2 rings (SSSR count). The first kappa shape index (κ1) is 10.7. The number of hydrogen-bond donors (Lipinski definition) is 0. The molecule has 0 unspecified atom stereocenters. The van der Waals surface area contributed by atoms with Crippen molar-refractivity contribution in [2.45, 2.75) is 26.2 Å². The molecule has 1 aromatic heterocycles. The Hall–Kier alpha value is -1.78. The van der Waals surface area contributed by atoms with E-state index in [2.05, 4.69) is 15.5 Å². The number of halogens is 1. The minimum atomic E-state index is -0.333. The van der Waals surface area contributed by atoms with E-state index in [-0.39, 0.29) is 11.2 Å². The Kier molecular flexibility index (Phi) is 2.46. The zero-order valence-electron chi connectivity index (χ0n) is 9.48. The van der Waals surface area contributed by atoms with Gasteiger partial charge in [0.25, 0.3) is 0 Å². The Labute approximate surface area is 93.1 Å². The van der Waals surface area contributed by atoms with Crippen LogP contribution < -0.4 is 0 Å². The second-order valence-corrected chi connectivity index (χ2v) is 4.62. The van der Waals surface area contributed by atoms with Crippen molar-refractivity contribution in [3.05, 3.63) is 35.9 Å². The van der Waals surface area contributed by atoms with E-state index in [0.717, 1.165) is 0 Å². The molecule has 0 amide bonds. The summed E-state index contributed by atoms with van der Waals surface area (Å²) in [5.74, 6) is 0.304. The Balaban J connectivity index is 2.58. The van der Waals surface area contributed by atoms with Crippen molar-refractivity contribution < 1.29 is 4.39 Å². The maximum absolute atomic E-state index is 13.6. The van der Waals surface area contributed by atoms with Crippen LogP contribution in [0.1, 0.15) is 26.6 Å². The quantitative estimate of drug-likeness (QED) is 0.739. The van der Waals surface area contributed by atoms with Crippen LogP contribution in [0.15, 0.2) is 24.3 Å². The monoisotopic (exact) mass is 220 g/mol. The predicted molar refractivity (Wildman–Crippen MR) is 57.8 cm³/mol. The highest BCUT2D eigenvalue weighted by Crippen LogP contribution is 2.22. The number of para-hydroxylation sites is 1. The van der Waals surface area contributed by atoms with Gasteiger partial charge >= 0.3 is 0 Å². The van der Waals surface area contributed by atoms with Crippen LogP contribution in [0.25, 0.3) is 5.69 Å². The lowest BCUT2D eigenvalue weighted by atomic mass is 9.96. The van der Waals surface area contributed by atoms with Crippen molar-refractivity contribution in [2.24, 2.45) is 0 Å². The minimum absolute atomic E-state index is 0.230. The van der Waals surface area contributed by atoms with Gasteiger partial charge < -0.3 is 0 Å². The van der Waals surface area contributed by atoms with Crippen molar-refractivity contribution in [3.63, 3.8) is 0 Å². The smallest absolute Gasteiger partial charge is 0.162 e. The molecule has 0 aliphatic carbocycles. The van der Waals surface area contributed by atoms with E-state index >= 15 is 0 Å². The Morgan fingerprint density at radius 2 is 1.88 bits per heavy atom. The summed E-state index contributed by atoms with van der Waals surface area (Å²) in [5.41, 5.74) is 0.142. The molecule has 0 fully saturated rings. The number of tetrazole rings is 1. The highest BCUT2D eigenvalue weighted by atomic mass is 19.1. The fourth-order valence-corrected chi connectivity index (χ4v) is 1.44. The van der Waals surface area contributed by atoms with E-state index in [0.29, 0.717) is 11.5 Å². The zero-order valence-corrected chi connectivity index (χ0v) is 9.48. The van der Waals surface area contributed by atoms with Gasteiger partial charge in [-0.3, -0.25) is 0 Å². The molecule has 0 atom stereocenters. The zero-order chi connectivity index (χ0) is 11.8. The van der Waals surface area contributed by atoms with E-state index in [1.54, 1.807) is 18.2 Å². The number of rotatable bonds is 1. The normalized spacial score (nSPS) is 11.8. The van der Waals surface area contributed by atoms with Crippen molar-refractivity contribution in [3.8, 4) is 5.69 Å². The lowest BCUT2D eigenvalue weighted by molar-refractivity contribution is 0.517. The van der Waals surface area contributed by atoms with Crippen LogP contribution in [-0.2, 0) is 5.41 Å². The molecule has 1 aromatic carbocycles. The largest absolute Gasteiger partial charge is 0.205 e. The third-order valence-electron chi connectivity index (χ3n) is 2.22. The maximum Gasteiger partial charge on any atom is 0.162 e. The van der Waals surface area contributed by atoms with Gasteiger partial charge in [-0.15, -0.1) is 5.10 Å². The van der Waals surface area contributed by atoms with Crippen molar-refractivity contribution in [1.29, 1.82) is 0 Å². The molecule has 5 heteroatoms. The number of benzene rings is 1. The fraction of sp³-hybridized carbons (Fsp3) is 0.364. The van der Waals surface area contributed by atoms with E-state index in [9.17, 15) is 4.39 Å². The first-order valence-electron chi connectivity index (χ1n) is 5.04. The molecule has 0 spiro atoms. The summed E-state index contributed by atoms with van der Waals surface area (Å²) in [5, 5.41) is 11.4. The summed E-state index contributed by atoms with van der Waals surface area (Å²) in [4.78, 5) is 0. The lowest BCUT2D eigenvalue weighted by Gasteiger charge is -2.17. The van der Waals surface area contributed by atoms with Gasteiger partial charge in [0.2, 0.25) is 0 Å². The highest BCUT2D eigenvalue weighted by molar-refractivity contribution is 5.33. The molecule has 0 N–H and O–H groups in total. The van der Waals surface area contributed by atoms with Gasteiger partial charge in [0, 0.05) is 5.41 Å². The van der Waals surface area contributed by atoms with Crippen LogP contribution in [0.4, 0.5) is 4.39 Å². The second-order valence-electron chi connectivity index (χ2n) is 4.62. The van der Waals surface area contributed by atoms with Crippen LogP contribution >= 0.6 is 0 Å². The number of aromatic nitrogens is 4. The van der Waals surface area contributed by atoms with E-state index in [1.807, 2.05) is 20.8 Å². The maximum atomic E-state index is 13.6. The van der Waals surface area contributed by atoms with Crippen molar-refractivity contribution in [2.75, 3.05) is 0 Å². The van der Waals surface area contributed by atoms with Crippen molar-refractivity contribution in [1.82, 2.24) is 20.2 Å². The fourth-order valence-electron chi connectivity index (χ4n) is 1.44. The first-order valence-corrected chi connectivity index (χ1v) is 5.04. The second kappa shape index (κ2) is 3.66. The van der Waals surface area contributed by atoms with E-state index in [1.165, 1.54) is 10.7 Å². The Morgan fingerprint density at radius 1 is 1.19 bits per heavy atom. The van der Waals surface area contributed by atoms with Gasteiger partial charge in [0.15, 0.2) is 5.82 Å². The third kappa shape index (κ3) is 1.80. The molecule has 16 heavy (non-hydrogen) atoms. The molecular formula is C11H13FN4. The summed E-state index contributed by atoms with van der Waals surface area (Å²) in [7, 11) is 0. The highest BCUT2D eigenvalue weighted by Gasteiger charge is 2.23. The molecule has 0 aliphatic heterocycles. The van der Waals surface area contributed by atoms with E-state index in [4.69, 9.17) is 0 Å². The average molecular weight is 220 g/mol. The molecule has 84 valence electrons. The summed E-state index contributed by atoms with van der Waals surface area (Å²) >= 11 is 0. The van der Waals surface area contributed by atoms with Gasteiger partial charge in [-0.2, -0.15) is 4.68 Å². The Morgan fingerprint density at radius 3 is 2.50 bits per heavy atom. The van der Waals surface area contributed by atoms with Crippen LogP contribution in [-0.4, -0.2) is 20.2 Å². The topological polar surface area (TPSA) is 43.6 Å². The van der Waals surface area contributed by atoms with Gasteiger partial charge in [-0.25, -0.2) is 4.39 Å². The summed E-state index contributed by atoms with van der Waals surface area (Å²) in [6.07, 6.45) is 0. The van der Waals surface area contributed by atoms with Gasteiger partial charge in [0.05, 0.1) is 0 Å². The lowest BCUT2D eigenvalue weighted by Crippen LogP contribution is -2.19. The van der Waals surface area contributed by atoms with Crippen LogP contribution in [0.2, 0.25) is 0 Å². The standard InChI is InChI=1S/C11H13FN4/c1-11(2,3)10-13-14-15-16(10)9-7-5-4-6-8(9)12/h4-7H,1-3H3. The molecule has 0 bridgehead atoms. The molecule has 2 aromatic rings. The summed E-state index contributed by atoms with van der Waals surface area (Å²) in [6, 6.07) is 6.44. The molecule has 0 saturated heterocycles. The van der Waals surface area contributed by atoms with Gasteiger partial charge in [0.1, 0.15) is 11.5 Å². The summed E-state index contributed by atoms with van der Waals surface area (Å²) < 4.78 is 15.0. The van der Waals surface area contributed by atoms with Gasteiger partial charge in [-0.1, -0.05) is 32.9 Å². The molecule has 0 aliphatic rings. The van der Waals surface area contributed by atoms with Crippen LogP contribution in [0, 0.1) is 5.82 Å². The molecule has 0 saturated carbocycles. The third-order valence-corrected chi connectivity index (χ3v) is 2.22. The Bertz CT molecular complexity index is 499. The SMILES string of the molecule is CC(C)(C)c1nnnn1-c1ccccc1F. The number of hydrogen-bond acceptors (Lipinski definition) is 3. The summed E-state index contributed by atoms with van der Waals surface area (Å²) in [6.45, 7) is 5.95. The predicted octanol–water partition coefficient (Wildman–Crippen LogP) is 2.10. The molecule has 1 heterocycles. The minimum Gasteiger partial charge on any atom is -0.205 e. The molecule has 4 nitrogen and oxygen atoms in total. The molecule has 0 radical (unpaired) electrons.